The highest BCUT2D eigenvalue weighted by Gasteiger charge is 2.54. The molecule has 2 aromatic carbocycles. The minimum atomic E-state index is -5.49. The summed E-state index contributed by atoms with van der Waals surface area (Å²) in [6.07, 6.45) is -8.79. The number of alkyl halides is 7. The summed E-state index contributed by atoms with van der Waals surface area (Å²) in [5.74, 6) is -1.88. The van der Waals surface area contributed by atoms with E-state index in [0.717, 1.165) is 18.9 Å². The van der Waals surface area contributed by atoms with E-state index in [1.165, 1.54) is 12.1 Å². The van der Waals surface area contributed by atoms with Crippen LogP contribution in [0.3, 0.4) is 0 Å². The number of hydrogen-bond donors (Lipinski definition) is 2. The van der Waals surface area contributed by atoms with Crippen LogP contribution in [0, 0.1) is 11.7 Å². The Morgan fingerprint density at radius 3 is 2.27 bits per heavy atom. The first-order valence-corrected chi connectivity index (χ1v) is 10.4. The molecule has 12 heteroatoms. The lowest BCUT2D eigenvalue weighted by Gasteiger charge is -2.26. The summed E-state index contributed by atoms with van der Waals surface area (Å²) in [6, 6.07) is 4.19. The monoisotopic (exact) mass is 544 g/mol. The molecule has 0 saturated heterocycles. The predicted octanol–water partition coefficient (Wildman–Crippen LogP) is 7.43. The van der Waals surface area contributed by atoms with E-state index in [1.54, 1.807) is 0 Å². The molecule has 0 aliphatic heterocycles. The third kappa shape index (κ3) is 5.42. The molecule has 180 valence electrons. The average molecular weight is 545 g/mol. The number of nitrogens with one attached hydrogen (secondary N) is 2. The molecule has 1 fully saturated rings. The number of carbonyl (C=O) groups excluding carboxylic acids is 1. The van der Waals surface area contributed by atoms with Gasteiger partial charge in [-0.3, -0.25) is 4.79 Å². The minimum Gasteiger partial charge on any atom is -0.382 e. The molecular weight excluding hydrogens is 528 g/mol. The van der Waals surface area contributed by atoms with Crippen LogP contribution in [0.4, 0.5) is 46.5 Å². The zero-order valence-electron chi connectivity index (χ0n) is 16.9. The largest absolute Gasteiger partial charge is 0.426 e. The van der Waals surface area contributed by atoms with Gasteiger partial charge in [0.2, 0.25) is 5.67 Å². The number of rotatable bonds is 6. The first-order valence-electron chi connectivity index (χ1n) is 9.63. The molecule has 1 aliphatic rings. The third-order valence-corrected chi connectivity index (χ3v) is 5.86. The van der Waals surface area contributed by atoms with Gasteiger partial charge in [-0.2, -0.15) is 26.3 Å². The summed E-state index contributed by atoms with van der Waals surface area (Å²) in [4.78, 5) is 12.6. The Morgan fingerprint density at radius 1 is 1.09 bits per heavy atom. The smallest absolute Gasteiger partial charge is 0.382 e. The first-order chi connectivity index (χ1) is 15.1. The van der Waals surface area contributed by atoms with Gasteiger partial charge >= 0.3 is 12.4 Å². The fourth-order valence-electron chi connectivity index (χ4n) is 2.99. The van der Waals surface area contributed by atoms with E-state index in [9.17, 15) is 39.9 Å². The van der Waals surface area contributed by atoms with Gasteiger partial charge in [0.15, 0.2) is 5.82 Å². The van der Waals surface area contributed by atoms with Crippen LogP contribution in [0.2, 0.25) is 0 Å². The maximum atomic E-state index is 14.8. The summed E-state index contributed by atoms with van der Waals surface area (Å²) in [6.45, 7) is 0.553. The van der Waals surface area contributed by atoms with Crippen molar-refractivity contribution in [2.75, 3.05) is 17.2 Å². The number of anilines is 2. The van der Waals surface area contributed by atoms with Crippen molar-refractivity contribution in [2.45, 2.75) is 37.8 Å². The lowest BCUT2D eigenvalue weighted by atomic mass is 9.94. The number of hydrogen-bond acceptors (Lipinski definition) is 2. The minimum absolute atomic E-state index is 0.0154. The van der Waals surface area contributed by atoms with Crippen LogP contribution in [0.5, 0.6) is 0 Å². The van der Waals surface area contributed by atoms with Gasteiger partial charge in [0.05, 0.1) is 22.5 Å². The van der Waals surface area contributed by atoms with Crippen molar-refractivity contribution in [3.05, 3.63) is 57.3 Å². The van der Waals surface area contributed by atoms with E-state index in [2.05, 4.69) is 21.2 Å². The lowest BCUT2D eigenvalue weighted by molar-refractivity contribution is -0.228. The highest BCUT2D eigenvalue weighted by Crippen LogP contribution is 2.47. The Morgan fingerprint density at radius 2 is 1.73 bits per heavy atom. The van der Waals surface area contributed by atoms with E-state index in [0.29, 0.717) is 18.5 Å². The molecule has 0 radical (unpaired) electrons. The van der Waals surface area contributed by atoms with Crippen LogP contribution in [-0.2, 0) is 11.8 Å². The Hall–Kier alpha value is -2.37. The predicted molar refractivity (Wildman–Crippen MR) is 109 cm³/mol. The lowest BCUT2D eigenvalue weighted by Crippen LogP contribution is -2.35. The summed E-state index contributed by atoms with van der Waals surface area (Å²) in [7, 11) is 0. The SMILES string of the molecule is CC(F)(c1cc(Br)c(NC(=O)c2cccc(NCC3CC3)c2F)c(C(F)(F)F)c1)C(F)(F)F. The maximum Gasteiger partial charge on any atom is 0.426 e. The molecule has 0 bridgehead atoms. The second kappa shape index (κ2) is 8.77. The molecule has 1 aliphatic carbocycles. The van der Waals surface area contributed by atoms with Crippen LogP contribution < -0.4 is 10.6 Å². The van der Waals surface area contributed by atoms with Gasteiger partial charge in [-0.05, 0) is 71.4 Å². The average Bonchev–Trinajstić information content (AvgIpc) is 3.51. The van der Waals surface area contributed by atoms with Gasteiger partial charge < -0.3 is 10.6 Å². The van der Waals surface area contributed by atoms with Crippen molar-refractivity contribution in [1.29, 1.82) is 0 Å². The van der Waals surface area contributed by atoms with Gasteiger partial charge in [-0.1, -0.05) is 6.07 Å². The van der Waals surface area contributed by atoms with Crippen molar-refractivity contribution in [1.82, 2.24) is 0 Å². The molecule has 1 saturated carbocycles. The highest BCUT2D eigenvalue weighted by molar-refractivity contribution is 9.10. The van der Waals surface area contributed by atoms with Crippen LogP contribution in [0.25, 0.3) is 0 Å². The fourth-order valence-corrected chi connectivity index (χ4v) is 3.55. The van der Waals surface area contributed by atoms with Gasteiger partial charge in [0.1, 0.15) is 0 Å². The van der Waals surface area contributed by atoms with Crippen molar-refractivity contribution in [3.8, 4) is 0 Å². The molecule has 1 unspecified atom stereocenters. The molecule has 0 aromatic heterocycles. The second-order valence-corrected chi connectivity index (χ2v) is 8.68. The zero-order valence-corrected chi connectivity index (χ0v) is 18.5. The molecule has 1 atom stereocenters. The molecule has 0 heterocycles. The van der Waals surface area contributed by atoms with Crippen LogP contribution in [0.1, 0.15) is 41.3 Å². The molecular formula is C21H17BrF8N2O. The molecule has 2 N–H and O–H groups in total. The maximum absolute atomic E-state index is 14.8. The van der Waals surface area contributed by atoms with Crippen LogP contribution in [-0.4, -0.2) is 18.6 Å². The van der Waals surface area contributed by atoms with E-state index in [1.807, 2.05) is 5.32 Å². The highest BCUT2D eigenvalue weighted by atomic mass is 79.9. The standard InChI is InChI=1S/C21H17BrF8N2O/c1-19(24,21(28,29)30)11-7-13(20(25,26)27)17(14(22)8-11)32-18(33)12-3-2-4-15(16(12)23)31-9-10-5-6-10/h2-4,7-8,10,31H,5-6,9H2,1H3,(H,32,33). The van der Waals surface area contributed by atoms with E-state index < -0.39 is 56.6 Å². The topological polar surface area (TPSA) is 41.1 Å². The quantitative estimate of drug-likeness (QED) is 0.371. The Balaban J connectivity index is 1.98. The van der Waals surface area contributed by atoms with Crippen molar-refractivity contribution >= 4 is 33.2 Å². The summed E-state index contributed by atoms with van der Waals surface area (Å²) < 4.78 is 108. The molecule has 3 nitrogen and oxygen atoms in total. The van der Waals surface area contributed by atoms with Crippen molar-refractivity contribution < 1.29 is 39.9 Å². The number of amides is 1. The molecule has 1 amide bonds. The van der Waals surface area contributed by atoms with E-state index in [-0.39, 0.29) is 18.7 Å². The summed E-state index contributed by atoms with van der Waals surface area (Å²) >= 11 is 2.68. The second-order valence-electron chi connectivity index (χ2n) is 7.82. The normalized spacial score (nSPS) is 16.3. The summed E-state index contributed by atoms with van der Waals surface area (Å²) in [5, 5.41) is 4.71. The van der Waals surface area contributed by atoms with E-state index >= 15 is 0 Å². The van der Waals surface area contributed by atoms with Crippen LogP contribution >= 0.6 is 15.9 Å². The third-order valence-electron chi connectivity index (χ3n) is 5.23. The number of carbonyl (C=O) groups is 1. The van der Waals surface area contributed by atoms with Gasteiger partial charge in [-0.25, -0.2) is 8.78 Å². The molecule has 33 heavy (non-hydrogen) atoms. The van der Waals surface area contributed by atoms with Gasteiger partial charge in [0, 0.05) is 11.0 Å². The molecule has 3 rings (SSSR count). The van der Waals surface area contributed by atoms with Crippen LogP contribution in [0.15, 0.2) is 34.8 Å². The molecule has 0 spiro atoms. The number of halogens is 9. The Kier molecular flexibility index (Phi) is 6.71. The first kappa shape index (κ1) is 25.3. The van der Waals surface area contributed by atoms with E-state index in [4.69, 9.17) is 0 Å². The van der Waals surface area contributed by atoms with Gasteiger partial charge in [-0.15, -0.1) is 0 Å². The zero-order chi connectivity index (χ0) is 24.8. The van der Waals surface area contributed by atoms with Crippen molar-refractivity contribution in [2.24, 2.45) is 5.92 Å². The fraction of sp³-hybridized carbons (Fsp3) is 0.381. The Bertz CT molecular complexity index is 1060. The number of benzene rings is 2. The van der Waals surface area contributed by atoms with Crippen molar-refractivity contribution in [3.63, 3.8) is 0 Å². The molecule has 2 aromatic rings. The Labute approximate surface area is 191 Å². The summed E-state index contributed by atoms with van der Waals surface area (Å²) in [5.41, 5.74) is -8.69. The van der Waals surface area contributed by atoms with Gasteiger partial charge in [0.25, 0.3) is 5.91 Å².